The number of hydrogen-bond acceptors (Lipinski definition) is 5. The number of aromatic nitrogens is 2. The van der Waals surface area contributed by atoms with Crippen molar-refractivity contribution in [2.24, 2.45) is 0 Å². The van der Waals surface area contributed by atoms with Gasteiger partial charge < -0.3 is 10.1 Å². The standard InChI is InChI=1S/C24H14BrClN4O3/c25-16-7-9-19(10-8-16)33-23-20(24(32)30-11-2-1-6-21(30)29-23)12-15(14-27)22(31)28-18-5-3-4-17(26)13-18/h1-13H,(H,28,31)/b15-12+. The maximum absolute atomic E-state index is 13.2. The average Bonchev–Trinajstić information content (AvgIpc) is 2.80. The second kappa shape index (κ2) is 9.69. The Balaban J connectivity index is 1.79. The van der Waals surface area contributed by atoms with Gasteiger partial charge in [-0.05, 0) is 60.7 Å². The number of nitrogens with one attached hydrogen (secondary N) is 1. The van der Waals surface area contributed by atoms with Crippen LogP contribution >= 0.6 is 27.5 Å². The number of hydrogen-bond donors (Lipinski definition) is 1. The highest BCUT2D eigenvalue weighted by Gasteiger charge is 2.17. The molecule has 1 N–H and O–H groups in total. The Kier molecular flexibility index (Phi) is 6.54. The molecule has 0 aliphatic carbocycles. The molecule has 0 radical (unpaired) electrons. The number of benzene rings is 2. The van der Waals surface area contributed by atoms with Crippen LogP contribution in [0.3, 0.4) is 0 Å². The van der Waals surface area contributed by atoms with E-state index in [1.807, 2.05) is 6.07 Å². The Morgan fingerprint density at radius 2 is 1.94 bits per heavy atom. The van der Waals surface area contributed by atoms with Gasteiger partial charge in [0.05, 0.1) is 0 Å². The van der Waals surface area contributed by atoms with Crippen LogP contribution < -0.4 is 15.6 Å². The molecule has 9 heteroatoms. The van der Waals surface area contributed by atoms with Gasteiger partial charge in [0, 0.05) is 21.4 Å². The summed E-state index contributed by atoms with van der Waals surface area (Å²) in [6, 6.07) is 20.3. The number of nitriles is 1. The topological polar surface area (TPSA) is 96.5 Å². The van der Waals surface area contributed by atoms with Gasteiger partial charge in [-0.1, -0.05) is 39.7 Å². The summed E-state index contributed by atoms with van der Waals surface area (Å²) < 4.78 is 8.03. The number of rotatable bonds is 5. The average molecular weight is 522 g/mol. The van der Waals surface area contributed by atoms with Gasteiger partial charge in [-0.3, -0.25) is 14.0 Å². The smallest absolute Gasteiger partial charge is 0.269 e. The van der Waals surface area contributed by atoms with Crippen LogP contribution in [-0.2, 0) is 4.79 Å². The summed E-state index contributed by atoms with van der Waals surface area (Å²) >= 11 is 9.31. The van der Waals surface area contributed by atoms with E-state index >= 15 is 0 Å². The number of fused-ring (bicyclic) bond motifs is 1. The first kappa shape index (κ1) is 22.3. The van der Waals surface area contributed by atoms with E-state index in [4.69, 9.17) is 16.3 Å². The van der Waals surface area contributed by atoms with Gasteiger partial charge in [-0.15, -0.1) is 0 Å². The fourth-order valence-corrected chi connectivity index (χ4v) is 3.41. The third-order valence-electron chi connectivity index (χ3n) is 4.50. The molecule has 0 aliphatic heterocycles. The van der Waals surface area contributed by atoms with Gasteiger partial charge in [0.1, 0.15) is 28.6 Å². The number of carbonyl (C=O) groups is 1. The summed E-state index contributed by atoms with van der Waals surface area (Å²) in [5.41, 5.74) is -0.0668. The fourth-order valence-electron chi connectivity index (χ4n) is 2.96. The highest BCUT2D eigenvalue weighted by molar-refractivity contribution is 9.10. The van der Waals surface area contributed by atoms with Crippen molar-refractivity contribution in [1.29, 1.82) is 5.26 Å². The molecule has 2 aromatic carbocycles. The summed E-state index contributed by atoms with van der Waals surface area (Å²) in [6.07, 6.45) is 2.71. The first-order valence-corrected chi connectivity index (χ1v) is 10.8. The van der Waals surface area contributed by atoms with E-state index < -0.39 is 11.5 Å². The van der Waals surface area contributed by atoms with Gasteiger partial charge in [-0.25, -0.2) is 0 Å². The molecule has 0 spiro atoms. The minimum atomic E-state index is -0.702. The predicted octanol–water partition coefficient (Wildman–Crippen LogP) is 5.45. The number of carbonyl (C=O) groups excluding carboxylic acids is 1. The van der Waals surface area contributed by atoms with Crippen molar-refractivity contribution < 1.29 is 9.53 Å². The number of halogens is 2. The Labute approximate surface area is 201 Å². The van der Waals surface area contributed by atoms with Crippen molar-refractivity contribution in [1.82, 2.24) is 9.38 Å². The molecule has 0 bridgehead atoms. The van der Waals surface area contributed by atoms with Crippen molar-refractivity contribution >= 4 is 50.8 Å². The number of anilines is 1. The second-order valence-electron chi connectivity index (χ2n) is 6.75. The van der Waals surface area contributed by atoms with Gasteiger partial charge in [-0.2, -0.15) is 10.2 Å². The summed E-state index contributed by atoms with van der Waals surface area (Å²) in [7, 11) is 0. The highest BCUT2D eigenvalue weighted by atomic mass is 79.9. The van der Waals surface area contributed by atoms with E-state index in [0.29, 0.717) is 22.1 Å². The van der Waals surface area contributed by atoms with E-state index in [-0.39, 0.29) is 17.0 Å². The molecule has 162 valence electrons. The lowest BCUT2D eigenvalue weighted by Crippen LogP contribution is -2.20. The maximum Gasteiger partial charge on any atom is 0.269 e. The zero-order valence-electron chi connectivity index (χ0n) is 16.8. The van der Waals surface area contributed by atoms with Crippen LogP contribution in [0.5, 0.6) is 11.6 Å². The first-order valence-electron chi connectivity index (χ1n) is 9.58. The molecular weight excluding hydrogens is 508 g/mol. The minimum Gasteiger partial charge on any atom is -0.438 e. The minimum absolute atomic E-state index is 0.0307. The molecule has 4 aromatic rings. The van der Waals surface area contributed by atoms with Gasteiger partial charge in [0.25, 0.3) is 11.5 Å². The third-order valence-corrected chi connectivity index (χ3v) is 5.26. The molecule has 1 amide bonds. The first-order chi connectivity index (χ1) is 15.9. The molecule has 2 aromatic heterocycles. The number of amides is 1. The number of nitrogens with zero attached hydrogens (tertiary/aromatic N) is 3. The molecule has 0 atom stereocenters. The van der Waals surface area contributed by atoms with Crippen molar-refractivity contribution in [3.05, 3.63) is 104 Å². The molecule has 2 heterocycles. The Hall–Kier alpha value is -3.93. The SMILES string of the molecule is N#C/C(=C\c1c(Oc2ccc(Br)cc2)nc2ccccn2c1=O)C(=O)Nc1cccc(Cl)c1. The van der Waals surface area contributed by atoms with Crippen molar-refractivity contribution in [2.45, 2.75) is 0 Å². The van der Waals surface area contributed by atoms with Gasteiger partial charge >= 0.3 is 0 Å². The molecule has 0 fully saturated rings. The zero-order valence-corrected chi connectivity index (χ0v) is 19.2. The largest absolute Gasteiger partial charge is 0.438 e. The van der Waals surface area contributed by atoms with E-state index in [9.17, 15) is 14.9 Å². The molecule has 0 aliphatic rings. The maximum atomic E-state index is 13.2. The molecule has 4 rings (SSSR count). The van der Waals surface area contributed by atoms with Crippen LogP contribution in [-0.4, -0.2) is 15.3 Å². The van der Waals surface area contributed by atoms with E-state index in [2.05, 4.69) is 26.2 Å². The zero-order chi connectivity index (χ0) is 23.4. The van der Waals surface area contributed by atoms with Crippen molar-refractivity contribution in [3.63, 3.8) is 0 Å². The Morgan fingerprint density at radius 3 is 2.67 bits per heavy atom. The lowest BCUT2D eigenvalue weighted by molar-refractivity contribution is -0.112. The van der Waals surface area contributed by atoms with Crippen LogP contribution in [0.2, 0.25) is 5.02 Å². The quantitative estimate of drug-likeness (QED) is 0.278. The van der Waals surface area contributed by atoms with Crippen LogP contribution in [0.1, 0.15) is 5.56 Å². The fraction of sp³-hybridized carbons (Fsp3) is 0. The van der Waals surface area contributed by atoms with Crippen LogP contribution in [0, 0.1) is 11.3 Å². The number of ether oxygens (including phenoxy) is 1. The third kappa shape index (κ3) is 5.12. The van der Waals surface area contributed by atoms with Crippen LogP contribution in [0.4, 0.5) is 5.69 Å². The molecule has 7 nitrogen and oxygen atoms in total. The molecule has 0 unspecified atom stereocenters. The normalized spacial score (nSPS) is 11.1. The summed E-state index contributed by atoms with van der Waals surface area (Å²) in [5.74, 6) is -0.300. The van der Waals surface area contributed by atoms with Crippen molar-refractivity contribution in [2.75, 3.05) is 5.32 Å². The lowest BCUT2D eigenvalue weighted by Gasteiger charge is -2.10. The monoisotopic (exact) mass is 520 g/mol. The summed E-state index contributed by atoms with van der Waals surface area (Å²) in [4.78, 5) is 30.3. The van der Waals surface area contributed by atoms with E-state index in [0.717, 1.165) is 4.47 Å². The summed E-state index contributed by atoms with van der Waals surface area (Å²) in [6.45, 7) is 0. The van der Waals surface area contributed by atoms with Crippen molar-refractivity contribution in [3.8, 4) is 17.7 Å². The molecule has 0 saturated heterocycles. The Bertz CT molecular complexity index is 1490. The van der Waals surface area contributed by atoms with E-state index in [1.54, 1.807) is 72.9 Å². The predicted molar refractivity (Wildman–Crippen MR) is 129 cm³/mol. The van der Waals surface area contributed by atoms with Crippen LogP contribution in [0.15, 0.2) is 87.8 Å². The molecule has 33 heavy (non-hydrogen) atoms. The van der Waals surface area contributed by atoms with Gasteiger partial charge in [0.2, 0.25) is 5.88 Å². The Morgan fingerprint density at radius 1 is 1.15 bits per heavy atom. The van der Waals surface area contributed by atoms with Gasteiger partial charge in [0.15, 0.2) is 0 Å². The highest BCUT2D eigenvalue weighted by Crippen LogP contribution is 2.25. The molecule has 0 saturated carbocycles. The van der Waals surface area contributed by atoms with E-state index in [1.165, 1.54) is 10.5 Å². The number of pyridine rings is 1. The lowest BCUT2D eigenvalue weighted by atomic mass is 10.1. The molecular formula is C24H14BrClN4O3. The second-order valence-corrected chi connectivity index (χ2v) is 8.11. The van der Waals surface area contributed by atoms with Crippen LogP contribution in [0.25, 0.3) is 11.7 Å². The summed E-state index contributed by atoms with van der Waals surface area (Å²) in [5, 5.41) is 12.7.